The molecule has 0 spiro atoms. The number of hydrogen-bond donors (Lipinski definition) is 0. The number of rotatable bonds is 5. The van der Waals surface area contributed by atoms with Crippen LogP contribution in [0.1, 0.15) is 24.1 Å². The van der Waals surface area contributed by atoms with Crippen molar-refractivity contribution in [3.63, 3.8) is 0 Å². The Labute approximate surface area is 150 Å². The van der Waals surface area contributed by atoms with Gasteiger partial charge in [0.1, 0.15) is 5.82 Å². The van der Waals surface area contributed by atoms with Gasteiger partial charge in [0.25, 0.3) is 0 Å². The number of nitrogens with zero attached hydrogens (tertiary/aromatic N) is 6. The first kappa shape index (κ1) is 17.6. The molecule has 6 heteroatoms. The minimum absolute atomic E-state index is 0.468. The van der Waals surface area contributed by atoms with E-state index in [1.54, 1.807) is 0 Å². The maximum Gasteiger partial charge on any atom is 0.226 e. The van der Waals surface area contributed by atoms with Crippen molar-refractivity contribution in [1.29, 1.82) is 0 Å². The molecule has 6 nitrogen and oxygen atoms in total. The molecule has 2 aromatic rings. The van der Waals surface area contributed by atoms with E-state index in [0.717, 1.165) is 37.1 Å². The first-order valence-corrected chi connectivity index (χ1v) is 8.90. The van der Waals surface area contributed by atoms with Crippen LogP contribution in [0.2, 0.25) is 0 Å². The fourth-order valence-electron chi connectivity index (χ4n) is 3.35. The van der Waals surface area contributed by atoms with Crippen LogP contribution in [0, 0.1) is 6.92 Å². The molecular formula is C19H28N6. The second kappa shape index (κ2) is 7.78. The van der Waals surface area contributed by atoms with Crippen molar-refractivity contribution >= 4 is 11.8 Å². The molecule has 0 bridgehead atoms. The molecule has 3 heterocycles. The third kappa shape index (κ3) is 4.25. The van der Waals surface area contributed by atoms with E-state index in [4.69, 9.17) is 0 Å². The number of aryl methyl sites for hydroxylation is 1. The fraction of sp³-hybridized carbons (Fsp3) is 0.526. The van der Waals surface area contributed by atoms with Crippen LogP contribution in [0.5, 0.6) is 0 Å². The molecule has 1 aliphatic heterocycles. The second-order valence-electron chi connectivity index (χ2n) is 7.00. The van der Waals surface area contributed by atoms with Gasteiger partial charge in [0, 0.05) is 58.4 Å². The Hall–Kier alpha value is -2.21. The maximum atomic E-state index is 4.68. The molecule has 0 N–H and O–H groups in total. The lowest BCUT2D eigenvalue weighted by Gasteiger charge is -2.38. The number of pyridine rings is 1. The van der Waals surface area contributed by atoms with Gasteiger partial charge in [-0.05, 0) is 44.0 Å². The summed E-state index contributed by atoms with van der Waals surface area (Å²) < 4.78 is 0. The normalized spacial score (nSPS) is 18.2. The van der Waals surface area contributed by atoms with E-state index in [1.807, 2.05) is 43.5 Å². The molecule has 0 radical (unpaired) electrons. The molecule has 25 heavy (non-hydrogen) atoms. The molecule has 1 atom stereocenters. The Morgan fingerprint density at radius 3 is 2.76 bits per heavy atom. The van der Waals surface area contributed by atoms with Crippen molar-refractivity contribution in [2.24, 2.45) is 0 Å². The molecule has 1 fully saturated rings. The highest BCUT2D eigenvalue weighted by atomic mass is 15.3. The zero-order valence-corrected chi connectivity index (χ0v) is 15.7. The quantitative estimate of drug-likeness (QED) is 0.833. The molecular weight excluding hydrogens is 312 g/mol. The van der Waals surface area contributed by atoms with Gasteiger partial charge in [0.05, 0.1) is 0 Å². The number of likely N-dealkylation sites (tertiary alicyclic amines) is 1. The van der Waals surface area contributed by atoms with Gasteiger partial charge < -0.3 is 9.80 Å². The van der Waals surface area contributed by atoms with E-state index in [0.29, 0.717) is 6.04 Å². The minimum Gasteiger partial charge on any atom is -0.355 e. The van der Waals surface area contributed by atoms with Gasteiger partial charge in [-0.15, -0.1) is 0 Å². The zero-order valence-electron chi connectivity index (χ0n) is 15.7. The molecule has 2 aromatic heterocycles. The molecule has 3 rings (SSSR count). The Morgan fingerprint density at radius 1 is 1.16 bits per heavy atom. The number of piperidine rings is 1. The third-order valence-electron chi connectivity index (χ3n) is 4.93. The average Bonchev–Trinajstić information content (AvgIpc) is 2.63. The van der Waals surface area contributed by atoms with Gasteiger partial charge in [-0.2, -0.15) is 4.98 Å². The topological polar surface area (TPSA) is 48.4 Å². The van der Waals surface area contributed by atoms with E-state index in [-0.39, 0.29) is 0 Å². The van der Waals surface area contributed by atoms with Crippen LogP contribution >= 0.6 is 0 Å². The summed E-state index contributed by atoms with van der Waals surface area (Å²) >= 11 is 0. The first-order valence-electron chi connectivity index (χ1n) is 8.90. The van der Waals surface area contributed by atoms with Crippen LogP contribution < -0.4 is 9.80 Å². The molecule has 1 unspecified atom stereocenters. The Bertz CT molecular complexity index is 702. The van der Waals surface area contributed by atoms with Gasteiger partial charge in [0.2, 0.25) is 5.95 Å². The highest BCUT2D eigenvalue weighted by molar-refractivity contribution is 5.43. The van der Waals surface area contributed by atoms with E-state index >= 15 is 0 Å². The summed E-state index contributed by atoms with van der Waals surface area (Å²) in [7, 11) is 6.08. The SMILES string of the molecule is Cc1ncccc1CN1CCCC(N(C)c2ccnc(N(C)C)n2)C1. The predicted octanol–water partition coefficient (Wildman–Crippen LogP) is 2.35. The monoisotopic (exact) mass is 340 g/mol. The van der Waals surface area contributed by atoms with Gasteiger partial charge in [-0.1, -0.05) is 6.07 Å². The highest BCUT2D eigenvalue weighted by Gasteiger charge is 2.24. The predicted molar refractivity (Wildman–Crippen MR) is 102 cm³/mol. The van der Waals surface area contributed by atoms with E-state index in [2.05, 4.69) is 44.8 Å². The minimum atomic E-state index is 0.468. The Kier molecular flexibility index (Phi) is 5.48. The third-order valence-corrected chi connectivity index (χ3v) is 4.93. The van der Waals surface area contributed by atoms with Crippen molar-refractivity contribution in [2.75, 3.05) is 44.0 Å². The van der Waals surface area contributed by atoms with Gasteiger partial charge in [0.15, 0.2) is 0 Å². The van der Waals surface area contributed by atoms with Crippen molar-refractivity contribution < 1.29 is 0 Å². The van der Waals surface area contributed by atoms with Gasteiger partial charge in [-0.25, -0.2) is 4.98 Å². The molecule has 0 aromatic carbocycles. The van der Waals surface area contributed by atoms with Crippen molar-refractivity contribution in [3.8, 4) is 0 Å². The molecule has 1 aliphatic rings. The Morgan fingerprint density at radius 2 is 2.00 bits per heavy atom. The standard InChI is InChI=1S/C19H28N6/c1-15-16(7-5-10-20-15)13-25-12-6-8-17(14-25)24(4)18-9-11-21-19(22-18)23(2)3/h5,7,9-11,17H,6,8,12-14H2,1-4H3. The van der Waals surface area contributed by atoms with Crippen LogP contribution in [0.4, 0.5) is 11.8 Å². The number of hydrogen-bond acceptors (Lipinski definition) is 6. The lowest BCUT2D eigenvalue weighted by atomic mass is 10.0. The van der Waals surface area contributed by atoms with Crippen molar-refractivity contribution in [1.82, 2.24) is 19.9 Å². The second-order valence-corrected chi connectivity index (χ2v) is 7.00. The number of anilines is 2. The van der Waals surface area contributed by atoms with Crippen LogP contribution in [0.25, 0.3) is 0 Å². The lowest BCUT2D eigenvalue weighted by molar-refractivity contribution is 0.198. The van der Waals surface area contributed by atoms with Gasteiger partial charge >= 0.3 is 0 Å². The molecule has 1 saturated heterocycles. The molecule has 0 amide bonds. The highest BCUT2D eigenvalue weighted by Crippen LogP contribution is 2.22. The van der Waals surface area contributed by atoms with E-state index < -0.39 is 0 Å². The van der Waals surface area contributed by atoms with Crippen molar-refractivity contribution in [3.05, 3.63) is 41.9 Å². The summed E-state index contributed by atoms with van der Waals surface area (Å²) in [6.07, 6.45) is 6.11. The zero-order chi connectivity index (χ0) is 17.8. The van der Waals surface area contributed by atoms with E-state index in [9.17, 15) is 0 Å². The fourth-order valence-corrected chi connectivity index (χ4v) is 3.35. The number of aromatic nitrogens is 3. The number of likely N-dealkylation sites (N-methyl/N-ethyl adjacent to an activating group) is 1. The molecule has 0 saturated carbocycles. The molecule has 0 aliphatic carbocycles. The average molecular weight is 340 g/mol. The van der Waals surface area contributed by atoms with Crippen molar-refractivity contribution in [2.45, 2.75) is 32.4 Å². The van der Waals surface area contributed by atoms with Crippen LogP contribution in [-0.2, 0) is 6.54 Å². The maximum absolute atomic E-state index is 4.68. The lowest BCUT2D eigenvalue weighted by Crippen LogP contribution is -2.46. The van der Waals surface area contributed by atoms with E-state index in [1.165, 1.54) is 18.4 Å². The largest absolute Gasteiger partial charge is 0.355 e. The Balaban J connectivity index is 1.68. The smallest absolute Gasteiger partial charge is 0.226 e. The van der Waals surface area contributed by atoms with Crippen LogP contribution in [0.15, 0.2) is 30.6 Å². The summed E-state index contributed by atoms with van der Waals surface area (Å²) in [4.78, 5) is 20.2. The summed E-state index contributed by atoms with van der Waals surface area (Å²) in [6.45, 7) is 5.25. The van der Waals surface area contributed by atoms with Crippen LogP contribution in [0.3, 0.4) is 0 Å². The van der Waals surface area contributed by atoms with Gasteiger partial charge in [-0.3, -0.25) is 9.88 Å². The summed E-state index contributed by atoms with van der Waals surface area (Å²) in [5, 5.41) is 0. The first-order chi connectivity index (χ1) is 12.0. The summed E-state index contributed by atoms with van der Waals surface area (Å²) in [6, 6.07) is 6.68. The summed E-state index contributed by atoms with van der Waals surface area (Å²) in [5.41, 5.74) is 2.45. The summed E-state index contributed by atoms with van der Waals surface area (Å²) in [5.74, 6) is 1.74. The molecule has 134 valence electrons. The van der Waals surface area contributed by atoms with Crippen LogP contribution in [-0.4, -0.2) is 60.1 Å².